The van der Waals surface area contributed by atoms with Crippen molar-refractivity contribution in [2.75, 3.05) is 13.2 Å². The fourth-order valence-electron chi connectivity index (χ4n) is 2.49. The van der Waals surface area contributed by atoms with Gasteiger partial charge in [0, 0.05) is 6.42 Å². The number of carbonyl (C=O) groups is 1. The topological polar surface area (TPSA) is 66.8 Å². The number of aliphatic hydroxyl groups excluding tert-OH is 2. The van der Waals surface area contributed by atoms with Crippen molar-refractivity contribution in [3.05, 3.63) is 36.5 Å². The second kappa shape index (κ2) is 20.9. The number of ether oxygens (including phenoxy) is 1. The average molecular weight is 381 g/mol. The smallest absolute Gasteiger partial charge is 0.305 e. The van der Waals surface area contributed by atoms with Gasteiger partial charge in [-0.05, 0) is 44.9 Å². The van der Waals surface area contributed by atoms with Crippen molar-refractivity contribution in [3.8, 4) is 0 Å². The molecule has 0 aliphatic heterocycles. The zero-order chi connectivity index (χ0) is 20.0. The second-order valence-electron chi connectivity index (χ2n) is 6.85. The highest BCUT2D eigenvalue weighted by atomic mass is 16.5. The Bertz CT molecular complexity index is 413. The van der Waals surface area contributed by atoms with E-state index in [1.54, 1.807) is 0 Å². The molecule has 0 aliphatic carbocycles. The largest absolute Gasteiger partial charge is 0.463 e. The monoisotopic (exact) mass is 380 g/mol. The van der Waals surface area contributed by atoms with Gasteiger partial charge in [0.2, 0.25) is 0 Å². The number of carbonyl (C=O) groups excluding carboxylic acids is 1. The summed E-state index contributed by atoms with van der Waals surface area (Å²) in [5.41, 5.74) is 0. The van der Waals surface area contributed by atoms with E-state index in [1.807, 2.05) is 0 Å². The van der Waals surface area contributed by atoms with E-state index in [0.717, 1.165) is 44.9 Å². The normalized spacial score (nSPS) is 13.1. The lowest BCUT2D eigenvalue weighted by molar-refractivity contribution is -0.147. The molecule has 0 aromatic rings. The predicted octanol–water partition coefficient (Wildman–Crippen LogP) is 5.25. The number of aliphatic hydroxyl groups is 2. The number of allylic oxidation sites excluding steroid dienone is 6. The molecule has 4 heteroatoms. The Kier molecular flexibility index (Phi) is 19.8. The first-order valence-electron chi connectivity index (χ1n) is 10.6. The van der Waals surface area contributed by atoms with Gasteiger partial charge in [0.15, 0.2) is 0 Å². The number of hydrogen-bond donors (Lipinski definition) is 2. The van der Waals surface area contributed by atoms with E-state index in [4.69, 9.17) is 14.9 Å². The molecule has 0 heterocycles. The highest BCUT2D eigenvalue weighted by molar-refractivity contribution is 5.69. The summed E-state index contributed by atoms with van der Waals surface area (Å²) in [5, 5.41) is 17.7. The minimum atomic E-state index is -0.970. The quantitative estimate of drug-likeness (QED) is 0.193. The summed E-state index contributed by atoms with van der Waals surface area (Å²) < 4.78 is 4.85. The second-order valence-corrected chi connectivity index (χ2v) is 6.85. The van der Waals surface area contributed by atoms with Crippen LogP contribution in [0.5, 0.6) is 0 Å². The number of rotatable bonds is 18. The molecule has 0 saturated carbocycles. The van der Waals surface area contributed by atoms with Gasteiger partial charge in [-0.15, -0.1) is 0 Å². The molecule has 156 valence electrons. The first-order valence-corrected chi connectivity index (χ1v) is 10.6. The van der Waals surface area contributed by atoms with E-state index < -0.39 is 6.10 Å². The van der Waals surface area contributed by atoms with Crippen LogP contribution in [0.15, 0.2) is 36.5 Å². The SMILES string of the molecule is CCCCCC=CCC=CCC=CCCCCCCC(=O)OCC(O)CO. The maximum atomic E-state index is 11.4. The minimum Gasteiger partial charge on any atom is -0.463 e. The molecule has 0 saturated heterocycles. The van der Waals surface area contributed by atoms with Crippen LogP contribution in [-0.2, 0) is 9.53 Å². The maximum Gasteiger partial charge on any atom is 0.305 e. The Balaban J connectivity index is 3.37. The Morgan fingerprint density at radius 3 is 2.00 bits per heavy atom. The average Bonchev–Trinajstić information content (AvgIpc) is 2.68. The fraction of sp³-hybridized carbons (Fsp3) is 0.696. The molecule has 0 rings (SSSR count). The molecule has 0 amide bonds. The van der Waals surface area contributed by atoms with Gasteiger partial charge in [0.25, 0.3) is 0 Å². The molecular weight excluding hydrogens is 340 g/mol. The minimum absolute atomic E-state index is 0.121. The molecule has 0 aromatic carbocycles. The van der Waals surface area contributed by atoms with Crippen LogP contribution in [0.2, 0.25) is 0 Å². The lowest BCUT2D eigenvalue weighted by Crippen LogP contribution is -2.21. The third-order valence-corrected chi connectivity index (χ3v) is 4.17. The lowest BCUT2D eigenvalue weighted by atomic mass is 10.1. The van der Waals surface area contributed by atoms with Crippen molar-refractivity contribution in [3.63, 3.8) is 0 Å². The van der Waals surface area contributed by atoms with E-state index in [1.165, 1.54) is 25.7 Å². The molecular formula is C23H40O4. The summed E-state index contributed by atoms with van der Waals surface area (Å²) in [7, 11) is 0. The molecule has 0 bridgehead atoms. The molecule has 0 aliphatic rings. The van der Waals surface area contributed by atoms with Gasteiger partial charge >= 0.3 is 5.97 Å². The van der Waals surface area contributed by atoms with Crippen LogP contribution in [-0.4, -0.2) is 35.5 Å². The zero-order valence-electron chi connectivity index (χ0n) is 17.2. The van der Waals surface area contributed by atoms with Gasteiger partial charge in [0.05, 0.1) is 6.61 Å². The molecule has 2 N–H and O–H groups in total. The van der Waals surface area contributed by atoms with E-state index in [9.17, 15) is 4.79 Å². The molecule has 1 atom stereocenters. The van der Waals surface area contributed by atoms with Crippen molar-refractivity contribution >= 4 is 5.97 Å². The molecule has 1 unspecified atom stereocenters. The predicted molar refractivity (Wildman–Crippen MR) is 113 cm³/mol. The summed E-state index contributed by atoms with van der Waals surface area (Å²) in [6, 6.07) is 0. The molecule has 0 spiro atoms. The Hall–Kier alpha value is -1.39. The third kappa shape index (κ3) is 20.8. The third-order valence-electron chi connectivity index (χ3n) is 4.17. The van der Waals surface area contributed by atoms with Gasteiger partial charge in [-0.2, -0.15) is 0 Å². The molecule has 0 fully saturated rings. The van der Waals surface area contributed by atoms with Crippen LogP contribution in [0.1, 0.15) is 84.0 Å². The molecule has 4 nitrogen and oxygen atoms in total. The van der Waals surface area contributed by atoms with Gasteiger partial charge in [0.1, 0.15) is 12.7 Å². The summed E-state index contributed by atoms with van der Waals surface area (Å²) in [6.07, 6.45) is 25.1. The van der Waals surface area contributed by atoms with Crippen LogP contribution >= 0.6 is 0 Å². The van der Waals surface area contributed by atoms with Crippen molar-refractivity contribution in [1.29, 1.82) is 0 Å². The van der Waals surface area contributed by atoms with E-state index >= 15 is 0 Å². The van der Waals surface area contributed by atoms with Gasteiger partial charge in [-0.3, -0.25) is 4.79 Å². The first-order chi connectivity index (χ1) is 13.2. The fourth-order valence-corrected chi connectivity index (χ4v) is 2.49. The van der Waals surface area contributed by atoms with Crippen molar-refractivity contribution in [1.82, 2.24) is 0 Å². The van der Waals surface area contributed by atoms with Crippen LogP contribution in [0.3, 0.4) is 0 Å². The van der Waals surface area contributed by atoms with Crippen molar-refractivity contribution < 1.29 is 19.7 Å². The van der Waals surface area contributed by atoms with E-state index in [-0.39, 0.29) is 19.2 Å². The van der Waals surface area contributed by atoms with Gasteiger partial charge in [-0.1, -0.05) is 69.1 Å². The Labute approximate surface area is 166 Å². The number of unbranched alkanes of at least 4 members (excludes halogenated alkanes) is 7. The summed E-state index contributed by atoms with van der Waals surface area (Å²) in [6.45, 7) is 1.73. The van der Waals surface area contributed by atoms with E-state index in [2.05, 4.69) is 43.4 Å². The lowest BCUT2D eigenvalue weighted by Gasteiger charge is -2.08. The van der Waals surface area contributed by atoms with Gasteiger partial charge in [-0.25, -0.2) is 0 Å². The molecule has 0 aromatic heterocycles. The summed E-state index contributed by atoms with van der Waals surface area (Å²) in [5.74, 6) is -0.301. The maximum absolute atomic E-state index is 11.4. The van der Waals surface area contributed by atoms with Crippen LogP contribution in [0, 0.1) is 0 Å². The Morgan fingerprint density at radius 1 is 0.852 bits per heavy atom. The highest BCUT2D eigenvalue weighted by Gasteiger charge is 2.07. The molecule has 27 heavy (non-hydrogen) atoms. The standard InChI is InChI=1S/C23H40O4/c1-2-3-4-5-6-7-8-9-10-11-12-13-14-15-16-17-18-19-23(26)27-21-22(25)20-24/h6-7,9-10,12-13,22,24-25H,2-5,8,11,14-21H2,1H3. The zero-order valence-corrected chi connectivity index (χ0v) is 17.2. The summed E-state index contributed by atoms with van der Waals surface area (Å²) >= 11 is 0. The van der Waals surface area contributed by atoms with Crippen LogP contribution < -0.4 is 0 Å². The van der Waals surface area contributed by atoms with Crippen LogP contribution in [0.4, 0.5) is 0 Å². The van der Waals surface area contributed by atoms with E-state index in [0.29, 0.717) is 6.42 Å². The summed E-state index contributed by atoms with van der Waals surface area (Å²) in [4.78, 5) is 11.4. The van der Waals surface area contributed by atoms with Crippen molar-refractivity contribution in [2.24, 2.45) is 0 Å². The number of esters is 1. The highest BCUT2D eigenvalue weighted by Crippen LogP contribution is 2.07. The Morgan fingerprint density at radius 2 is 1.41 bits per heavy atom. The van der Waals surface area contributed by atoms with Crippen molar-refractivity contribution in [2.45, 2.75) is 90.1 Å². The number of hydrogen-bond acceptors (Lipinski definition) is 4. The van der Waals surface area contributed by atoms with Crippen LogP contribution in [0.25, 0.3) is 0 Å². The molecule has 0 radical (unpaired) electrons. The first kappa shape index (κ1) is 25.6. The van der Waals surface area contributed by atoms with Gasteiger partial charge < -0.3 is 14.9 Å².